The molecule has 154 valence electrons. The van der Waals surface area contributed by atoms with E-state index in [0.29, 0.717) is 18.0 Å². The van der Waals surface area contributed by atoms with Gasteiger partial charge in [0.1, 0.15) is 0 Å². The van der Waals surface area contributed by atoms with Gasteiger partial charge in [0.15, 0.2) is 5.78 Å². The summed E-state index contributed by atoms with van der Waals surface area (Å²) in [6, 6.07) is 7.88. The van der Waals surface area contributed by atoms with Crippen molar-refractivity contribution in [2.45, 2.75) is 78.2 Å². The zero-order valence-corrected chi connectivity index (χ0v) is 17.8. The van der Waals surface area contributed by atoms with Gasteiger partial charge in [-0.15, -0.1) is 0 Å². The predicted molar refractivity (Wildman–Crippen MR) is 114 cm³/mol. The van der Waals surface area contributed by atoms with Gasteiger partial charge >= 0.3 is 0 Å². The molecule has 0 radical (unpaired) electrons. The lowest BCUT2D eigenvalue weighted by molar-refractivity contribution is 0.0907. The van der Waals surface area contributed by atoms with Crippen LogP contribution in [-0.2, 0) is 6.42 Å². The summed E-state index contributed by atoms with van der Waals surface area (Å²) in [6.45, 7) is 6.16. The van der Waals surface area contributed by atoms with E-state index in [4.69, 9.17) is 0 Å². The van der Waals surface area contributed by atoms with E-state index in [9.17, 15) is 9.59 Å². The Labute approximate surface area is 172 Å². The Morgan fingerprint density at radius 2 is 1.72 bits per heavy atom. The molecule has 4 rings (SSSR count). The molecule has 5 heteroatoms. The van der Waals surface area contributed by atoms with Crippen molar-refractivity contribution in [1.82, 2.24) is 15.1 Å². The third kappa shape index (κ3) is 4.14. The van der Waals surface area contributed by atoms with Crippen LogP contribution in [0, 0.1) is 12.3 Å². The van der Waals surface area contributed by atoms with Crippen LogP contribution >= 0.6 is 0 Å². The van der Waals surface area contributed by atoms with Crippen LogP contribution in [0.25, 0.3) is 5.69 Å². The first-order valence-electron chi connectivity index (χ1n) is 10.9. The van der Waals surface area contributed by atoms with Gasteiger partial charge in [0.05, 0.1) is 22.6 Å². The monoisotopic (exact) mass is 393 g/mol. The maximum atomic E-state index is 12.7. The molecule has 0 atom stereocenters. The minimum Gasteiger partial charge on any atom is -0.349 e. The molecule has 5 nitrogen and oxygen atoms in total. The average molecular weight is 394 g/mol. The molecule has 1 aromatic carbocycles. The van der Waals surface area contributed by atoms with Gasteiger partial charge in [-0.25, -0.2) is 4.68 Å². The van der Waals surface area contributed by atoms with Gasteiger partial charge in [0.25, 0.3) is 5.91 Å². The molecule has 1 amide bonds. The normalized spacial score (nSPS) is 19.5. The molecule has 1 heterocycles. The van der Waals surface area contributed by atoms with Crippen molar-refractivity contribution in [1.29, 1.82) is 0 Å². The first-order chi connectivity index (χ1) is 13.8. The number of amides is 1. The second kappa shape index (κ2) is 7.77. The summed E-state index contributed by atoms with van der Waals surface area (Å²) in [5, 5.41) is 7.85. The van der Waals surface area contributed by atoms with Gasteiger partial charge in [0.2, 0.25) is 0 Å². The van der Waals surface area contributed by atoms with Crippen molar-refractivity contribution >= 4 is 11.7 Å². The quantitative estimate of drug-likeness (QED) is 0.763. The Hall–Kier alpha value is -2.43. The van der Waals surface area contributed by atoms with Gasteiger partial charge in [-0.2, -0.15) is 5.10 Å². The van der Waals surface area contributed by atoms with Crippen molar-refractivity contribution in [3.63, 3.8) is 0 Å². The lowest BCUT2D eigenvalue weighted by atomic mass is 9.75. The van der Waals surface area contributed by atoms with E-state index in [1.54, 1.807) is 0 Å². The number of Topliss-reactive ketones (excluding diaryl/α,β-unsaturated/α-hetero) is 1. The zero-order chi connectivity index (χ0) is 20.6. The maximum Gasteiger partial charge on any atom is 0.251 e. The molecular formula is C24H31N3O2. The van der Waals surface area contributed by atoms with Gasteiger partial charge in [-0.05, 0) is 55.9 Å². The third-order valence-electron chi connectivity index (χ3n) is 6.28. The van der Waals surface area contributed by atoms with Gasteiger partial charge < -0.3 is 5.32 Å². The minimum absolute atomic E-state index is 0.00145. The number of carbonyl (C=O) groups excluding carboxylic acids is 2. The Balaban J connectivity index is 1.55. The number of hydrogen-bond donors (Lipinski definition) is 1. The van der Waals surface area contributed by atoms with Crippen molar-refractivity contribution in [2.24, 2.45) is 5.41 Å². The number of benzene rings is 1. The Bertz CT molecular complexity index is 916. The largest absolute Gasteiger partial charge is 0.349 e. The van der Waals surface area contributed by atoms with Gasteiger partial charge in [0, 0.05) is 18.0 Å². The second-order valence-electron chi connectivity index (χ2n) is 9.47. The topological polar surface area (TPSA) is 64.0 Å². The van der Waals surface area contributed by atoms with Crippen molar-refractivity contribution in [3.05, 3.63) is 46.8 Å². The highest BCUT2D eigenvalue weighted by atomic mass is 16.1. The summed E-state index contributed by atoms with van der Waals surface area (Å²) in [7, 11) is 0. The molecule has 1 saturated carbocycles. The number of ketones is 1. The lowest BCUT2D eigenvalue weighted by Crippen LogP contribution is -2.34. The molecule has 2 aliphatic carbocycles. The Morgan fingerprint density at radius 3 is 2.38 bits per heavy atom. The Morgan fingerprint density at radius 1 is 1.07 bits per heavy atom. The van der Waals surface area contributed by atoms with Gasteiger partial charge in [-0.1, -0.05) is 39.5 Å². The highest BCUT2D eigenvalue weighted by Gasteiger charge is 2.35. The van der Waals surface area contributed by atoms with E-state index >= 15 is 0 Å². The van der Waals surface area contributed by atoms with Crippen LogP contribution in [0.3, 0.4) is 0 Å². The van der Waals surface area contributed by atoms with Crippen molar-refractivity contribution in [3.8, 4) is 5.69 Å². The molecule has 0 aliphatic heterocycles. The predicted octanol–water partition coefficient (Wildman–Crippen LogP) is 4.79. The minimum atomic E-state index is -0.0627. The van der Waals surface area contributed by atoms with Crippen molar-refractivity contribution < 1.29 is 9.59 Å². The third-order valence-corrected chi connectivity index (χ3v) is 6.28. The fourth-order valence-corrected chi connectivity index (χ4v) is 4.80. The fourth-order valence-electron chi connectivity index (χ4n) is 4.80. The number of aryl methyl sites for hydroxylation is 1. The first kappa shape index (κ1) is 19.9. The highest BCUT2D eigenvalue weighted by molar-refractivity contribution is 6.00. The standard InChI is InChI=1S/C24H31N3O2/c1-16-22-20(14-24(2,3)15-21(22)28)27(26-16)19-12-10-17(11-13-19)23(29)25-18-8-6-4-5-7-9-18/h10-13,18H,4-9,14-15H2,1-3H3,(H,25,29). The summed E-state index contributed by atoms with van der Waals surface area (Å²) in [5.74, 6) is 0.179. The molecule has 2 aromatic rings. The number of carbonyl (C=O) groups is 2. The zero-order valence-electron chi connectivity index (χ0n) is 17.8. The molecule has 1 aromatic heterocycles. The molecule has 0 unspecified atom stereocenters. The molecule has 0 spiro atoms. The summed E-state index contributed by atoms with van der Waals surface area (Å²) >= 11 is 0. The molecule has 29 heavy (non-hydrogen) atoms. The SMILES string of the molecule is Cc1nn(-c2ccc(C(=O)NC3CCCCCC3)cc2)c2c1C(=O)CC(C)(C)C2. The number of hydrogen-bond acceptors (Lipinski definition) is 3. The van der Waals surface area contributed by atoms with Crippen LogP contribution in [-0.4, -0.2) is 27.5 Å². The summed E-state index contributed by atoms with van der Waals surface area (Å²) < 4.78 is 1.89. The second-order valence-corrected chi connectivity index (χ2v) is 9.47. The molecule has 1 fully saturated rings. The van der Waals surface area contributed by atoms with Crippen LogP contribution in [0.15, 0.2) is 24.3 Å². The number of nitrogens with zero attached hydrogens (tertiary/aromatic N) is 2. The number of fused-ring (bicyclic) bond motifs is 1. The molecule has 0 saturated heterocycles. The number of aromatic nitrogens is 2. The fraction of sp³-hybridized carbons (Fsp3) is 0.542. The Kier molecular flexibility index (Phi) is 5.32. The summed E-state index contributed by atoms with van der Waals surface area (Å²) in [6.07, 6.45) is 8.47. The summed E-state index contributed by atoms with van der Waals surface area (Å²) in [5.41, 5.74) is 4.06. The average Bonchev–Trinajstić information content (AvgIpc) is 2.82. The van der Waals surface area contributed by atoms with E-state index in [0.717, 1.165) is 41.9 Å². The molecule has 1 N–H and O–H groups in total. The number of nitrogens with one attached hydrogen (secondary N) is 1. The number of rotatable bonds is 3. The van der Waals surface area contributed by atoms with Crippen LogP contribution in [0.5, 0.6) is 0 Å². The summed E-state index contributed by atoms with van der Waals surface area (Å²) in [4.78, 5) is 25.3. The van der Waals surface area contributed by atoms with Crippen molar-refractivity contribution in [2.75, 3.05) is 0 Å². The molecular weight excluding hydrogens is 362 g/mol. The smallest absolute Gasteiger partial charge is 0.251 e. The lowest BCUT2D eigenvalue weighted by Gasteiger charge is -2.29. The van der Waals surface area contributed by atoms with E-state index in [1.807, 2.05) is 35.9 Å². The van der Waals surface area contributed by atoms with Crippen LogP contribution in [0.1, 0.15) is 90.9 Å². The van der Waals surface area contributed by atoms with E-state index < -0.39 is 0 Å². The first-order valence-corrected chi connectivity index (χ1v) is 10.9. The van der Waals surface area contributed by atoms with E-state index in [-0.39, 0.29) is 17.1 Å². The molecule has 2 aliphatic rings. The van der Waals surface area contributed by atoms with Crippen LogP contribution in [0.4, 0.5) is 0 Å². The molecule has 0 bridgehead atoms. The van der Waals surface area contributed by atoms with Crippen LogP contribution in [0.2, 0.25) is 0 Å². The maximum absolute atomic E-state index is 12.7. The van der Waals surface area contributed by atoms with Crippen LogP contribution < -0.4 is 5.32 Å². The highest BCUT2D eigenvalue weighted by Crippen LogP contribution is 2.36. The van der Waals surface area contributed by atoms with Gasteiger partial charge in [-0.3, -0.25) is 9.59 Å². The van der Waals surface area contributed by atoms with E-state index in [2.05, 4.69) is 24.3 Å². The van der Waals surface area contributed by atoms with E-state index in [1.165, 1.54) is 25.7 Å².